The summed E-state index contributed by atoms with van der Waals surface area (Å²) in [6.07, 6.45) is 1.64. The Morgan fingerprint density at radius 3 is 2.56 bits per heavy atom. The van der Waals surface area contributed by atoms with Crippen molar-refractivity contribution in [3.8, 4) is 11.4 Å². The minimum Gasteiger partial charge on any atom is -0.358 e. The van der Waals surface area contributed by atoms with E-state index in [0.29, 0.717) is 50.3 Å². The molecule has 1 aromatic carbocycles. The third-order valence-corrected chi connectivity index (χ3v) is 5.76. The molecule has 1 unspecified atom stereocenters. The molecule has 1 aliphatic heterocycles. The molecule has 32 heavy (non-hydrogen) atoms. The van der Waals surface area contributed by atoms with Gasteiger partial charge in [-0.3, -0.25) is 9.69 Å². The van der Waals surface area contributed by atoms with Gasteiger partial charge in [-0.1, -0.05) is 35.5 Å². The second kappa shape index (κ2) is 9.27. The molecule has 3 aromatic rings. The van der Waals surface area contributed by atoms with E-state index in [1.807, 2.05) is 42.2 Å². The Kier molecular flexibility index (Phi) is 6.26. The Morgan fingerprint density at radius 1 is 1.19 bits per heavy atom. The lowest BCUT2D eigenvalue weighted by atomic mass is 10.2. The molecule has 4 rings (SSSR count). The first-order valence-corrected chi connectivity index (χ1v) is 10.5. The molecule has 168 valence electrons. The number of nitro groups is 1. The van der Waals surface area contributed by atoms with E-state index in [0.717, 1.165) is 5.56 Å². The van der Waals surface area contributed by atoms with Gasteiger partial charge in [0.15, 0.2) is 0 Å². The summed E-state index contributed by atoms with van der Waals surface area (Å²) in [6.45, 7) is 6.69. The second-order valence-electron chi connectivity index (χ2n) is 7.76. The number of imidazole rings is 1. The fourth-order valence-electron chi connectivity index (χ4n) is 3.80. The fraction of sp³-hybridized carbons (Fsp3) is 0.429. The van der Waals surface area contributed by atoms with Crippen LogP contribution >= 0.6 is 0 Å². The smallest absolute Gasteiger partial charge is 0.358 e. The zero-order valence-corrected chi connectivity index (χ0v) is 18.0. The first-order valence-electron chi connectivity index (χ1n) is 10.5. The number of aromatic nitrogens is 4. The van der Waals surface area contributed by atoms with Crippen LogP contribution in [0.1, 0.15) is 31.1 Å². The molecule has 1 amide bonds. The maximum atomic E-state index is 12.6. The van der Waals surface area contributed by atoms with Crippen LogP contribution in [0, 0.1) is 17.0 Å². The molecule has 0 spiro atoms. The van der Waals surface area contributed by atoms with Crippen LogP contribution in [0.15, 0.2) is 41.1 Å². The molecule has 0 N–H and O–H groups in total. The highest BCUT2D eigenvalue weighted by Gasteiger charge is 2.28. The number of carbonyl (C=O) groups excluding carboxylic acids is 1. The summed E-state index contributed by atoms with van der Waals surface area (Å²) in [6, 6.07) is 9.63. The van der Waals surface area contributed by atoms with Crippen molar-refractivity contribution in [3.63, 3.8) is 0 Å². The zero-order chi connectivity index (χ0) is 22.7. The van der Waals surface area contributed by atoms with Gasteiger partial charge in [-0.05, 0) is 16.8 Å². The van der Waals surface area contributed by atoms with Crippen LogP contribution in [0.3, 0.4) is 0 Å². The van der Waals surface area contributed by atoms with Gasteiger partial charge in [0.2, 0.25) is 23.4 Å². The molecule has 2 aromatic heterocycles. The Labute approximate surface area is 184 Å². The predicted molar refractivity (Wildman–Crippen MR) is 115 cm³/mol. The van der Waals surface area contributed by atoms with Crippen molar-refractivity contribution in [2.24, 2.45) is 0 Å². The average Bonchev–Trinajstić information content (AvgIpc) is 3.45. The quantitative estimate of drug-likeness (QED) is 0.406. The highest BCUT2D eigenvalue weighted by molar-refractivity contribution is 5.76. The average molecular weight is 439 g/mol. The maximum absolute atomic E-state index is 12.6. The molecule has 1 fully saturated rings. The Balaban J connectivity index is 1.28. The van der Waals surface area contributed by atoms with E-state index in [9.17, 15) is 14.9 Å². The molecule has 1 atom stereocenters. The summed E-state index contributed by atoms with van der Waals surface area (Å²) >= 11 is 0. The zero-order valence-electron chi connectivity index (χ0n) is 18.0. The normalized spacial score (nSPS) is 15.6. The summed E-state index contributed by atoms with van der Waals surface area (Å²) in [4.78, 5) is 35.4. The lowest BCUT2D eigenvalue weighted by molar-refractivity contribution is -0.389. The van der Waals surface area contributed by atoms with Gasteiger partial charge < -0.3 is 24.1 Å². The third kappa shape index (κ3) is 4.67. The lowest BCUT2D eigenvalue weighted by Crippen LogP contribution is -2.49. The lowest BCUT2D eigenvalue weighted by Gasteiger charge is -2.36. The Bertz CT molecular complexity index is 1090. The second-order valence-corrected chi connectivity index (χ2v) is 7.76. The summed E-state index contributed by atoms with van der Waals surface area (Å²) in [5.41, 5.74) is 0.906. The fourth-order valence-corrected chi connectivity index (χ4v) is 3.80. The number of rotatable bonds is 7. The number of hydrogen-bond acceptors (Lipinski definition) is 8. The molecular formula is C21H25N7O4. The van der Waals surface area contributed by atoms with Crippen molar-refractivity contribution in [2.75, 3.05) is 26.2 Å². The SMILES string of the molecule is Cc1nc([N+](=O)[O-])cn1CCC(=O)N1CCN(C(C)c2nc(-c3ccccc3)no2)CC1. The molecule has 0 saturated carbocycles. The van der Waals surface area contributed by atoms with E-state index >= 15 is 0 Å². The minimum absolute atomic E-state index is 0.0252. The van der Waals surface area contributed by atoms with Gasteiger partial charge in [0, 0.05) is 51.6 Å². The molecular weight excluding hydrogens is 414 g/mol. The van der Waals surface area contributed by atoms with Crippen LogP contribution in [-0.2, 0) is 11.3 Å². The van der Waals surface area contributed by atoms with Gasteiger partial charge in [-0.2, -0.15) is 4.98 Å². The summed E-state index contributed by atoms with van der Waals surface area (Å²) in [5, 5.41) is 14.9. The predicted octanol–water partition coefficient (Wildman–Crippen LogP) is 2.45. The number of piperazine rings is 1. The molecule has 11 nitrogen and oxygen atoms in total. The highest BCUT2D eigenvalue weighted by Crippen LogP contribution is 2.23. The van der Waals surface area contributed by atoms with Crippen molar-refractivity contribution in [1.29, 1.82) is 0 Å². The number of aryl methyl sites for hydroxylation is 2. The number of hydrogen-bond donors (Lipinski definition) is 0. The number of nitrogens with zero attached hydrogens (tertiary/aromatic N) is 7. The minimum atomic E-state index is -0.530. The molecule has 3 heterocycles. The Morgan fingerprint density at radius 2 is 1.91 bits per heavy atom. The molecule has 1 aliphatic rings. The Hall–Kier alpha value is -3.60. The molecule has 0 aliphatic carbocycles. The summed E-state index contributed by atoms with van der Waals surface area (Å²) in [7, 11) is 0. The van der Waals surface area contributed by atoms with Crippen molar-refractivity contribution >= 4 is 11.7 Å². The summed E-state index contributed by atoms with van der Waals surface area (Å²) < 4.78 is 7.13. The largest absolute Gasteiger partial charge is 0.381 e. The van der Waals surface area contributed by atoms with Crippen LogP contribution < -0.4 is 0 Å². The van der Waals surface area contributed by atoms with Gasteiger partial charge in [0.25, 0.3) is 0 Å². The number of carbonyl (C=O) groups is 1. The van der Waals surface area contributed by atoms with Crippen molar-refractivity contribution < 1.29 is 14.2 Å². The molecule has 1 saturated heterocycles. The number of benzene rings is 1. The van der Waals surface area contributed by atoms with Crippen LogP contribution in [0.4, 0.5) is 5.82 Å². The van der Waals surface area contributed by atoms with Crippen molar-refractivity contribution in [3.05, 3.63) is 58.4 Å². The van der Waals surface area contributed by atoms with Crippen LogP contribution in [0.5, 0.6) is 0 Å². The highest BCUT2D eigenvalue weighted by atomic mass is 16.6. The van der Waals surface area contributed by atoms with Gasteiger partial charge in [-0.25, -0.2) is 0 Å². The van der Waals surface area contributed by atoms with Gasteiger partial charge >= 0.3 is 5.82 Å². The third-order valence-electron chi connectivity index (χ3n) is 5.76. The topological polar surface area (TPSA) is 123 Å². The first kappa shape index (κ1) is 21.6. The van der Waals surface area contributed by atoms with Crippen molar-refractivity contribution in [2.45, 2.75) is 32.9 Å². The van der Waals surface area contributed by atoms with E-state index in [4.69, 9.17) is 4.52 Å². The maximum Gasteiger partial charge on any atom is 0.381 e. The van der Waals surface area contributed by atoms with Gasteiger partial charge in [0.05, 0.1) is 6.04 Å². The molecule has 0 bridgehead atoms. The van der Waals surface area contributed by atoms with Gasteiger partial charge in [0.1, 0.15) is 6.20 Å². The van der Waals surface area contributed by atoms with Crippen LogP contribution in [0.25, 0.3) is 11.4 Å². The van der Waals surface area contributed by atoms with E-state index in [-0.39, 0.29) is 24.2 Å². The van der Waals surface area contributed by atoms with Gasteiger partial charge in [-0.15, -0.1) is 0 Å². The summed E-state index contributed by atoms with van der Waals surface area (Å²) in [5.74, 6) is 1.47. The number of amides is 1. The van der Waals surface area contributed by atoms with E-state index in [1.165, 1.54) is 6.20 Å². The van der Waals surface area contributed by atoms with Crippen LogP contribution in [0.2, 0.25) is 0 Å². The van der Waals surface area contributed by atoms with Crippen molar-refractivity contribution in [1.82, 2.24) is 29.5 Å². The first-order chi connectivity index (χ1) is 15.4. The van der Waals surface area contributed by atoms with E-state index in [2.05, 4.69) is 20.0 Å². The monoisotopic (exact) mass is 439 g/mol. The van der Waals surface area contributed by atoms with E-state index in [1.54, 1.807) is 11.5 Å². The standard InChI is InChI=1S/C21H25N7O4/c1-15(21-23-20(24-32-21)17-6-4-3-5-7-17)25-10-12-26(13-11-25)19(29)8-9-27-14-18(28(30)31)22-16(27)2/h3-7,14-15H,8-13H2,1-2H3. The van der Waals surface area contributed by atoms with E-state index < -0.39 is 4.92 Å². The molecule has 0 radical (unpaired) electrons. The molecule has 11 heteroatoms. The van der Waals surface area contributed by atoms with Crippen LogP contribution in [-0.4, -0.2) is 66.5 Å².